The Bertz CT molecular complexity index is 328. The number of hydrogen-bond donors (Lipinski definition) is 1. The van der Waals surface area contributed by atoms with Gasteiger partial charge in [-0.2, -0.15) is 11.8 Å². The van der Waals surface area contributed by atoms with Gasteiger partial charge in [0.1, 0.15) is 5.75 Å². The smallest absolute Gasteiger partial charge is 0.122 e. The highest BCUT2D eigenvalue weighted by molar-refractivity contribution is 7.99. The lowest BCUT2D eigenvalue weighted by molar-refractivity contribution is 0.198. The van der Waals surface area contributed by atoms with E-state index in [0.29, 0.717) is 11.7 Å². The van der Waals surface area contributed by atoms with Crippen LogP contribution in [0.25, 0.3) is 0 Å². The summed E-state index contributed by atoms with van der Waals surface area (Å²) in [7, 11) is 1.67. The fourth-order valence-electron chi connectivity index (χ4n) is 1.58. The molecule has 2 unspecified atom stereocenters. The van der Waals surface area contributed by atoms with Crippen molar-refractivity contribution in [2.24, 2.45) is 0 Å². The van der Waals surface area contributed by atoms with Crippen molar-refractivity contribution in [3.8, 4) is 5.75 Å². The summed E-state index contributed by atoms with van der Waals surface area (Å²) in [6.07, 6.45) is 1.50. The van der Waals surface area contributed by atoms with Gasteiger partial charge in [-0.05, 0) is 18.1 Å². The molecule has 1 aromatic carbocycles. The number of ether oxygens (including phenoxy) is 1. The Morgan fingerprint density at radius 3 is 2.71 bits per heavy atom. The molecule has 0 spiro atoms. The molecule has 0 aliphatic heterocycles. The molecular formula is C14H22O2S. The van der Waals surface area contributed by atoms with E-state index in [-0.39, 0.29) is 6.10 Å². The molecule has 0 heterocycles. The molecule has 2 nitrogen and oxygen atoms in total. The van der Waals surface area contributed by atoms with Gasteiger partial charge in [-0.1, -0.05) is 32.0 Å². The van der Waals surface area contributed by atoms with E-state index in [2.05, 4.69) is 13.8 Å². The molecule has 0 bridgehead atoms. The van der Waals surface area contributed by atoms with Crippen LogP contribution in [-0.2, 0) is 6.42 Å². The van der Waals surface area contributed by atoms with Crippen LogP contribution in [0.3, 0.4) is 0 Å². The van der Waals surface area contributed by atoms with Gasteiger partial charge in [0.15, 0.2) is 0 Å². The maximum absolute atomic E-state index is 9.99. The minimum Gasteiger partial charge on any atom is -0.496 e. The Balaban J connectivity index is 2.47. The number of aliphatic hydroxyl groups excluding tert-OH is 1. The molecule has 17 heavy (non-hydrogen) atoms. The number of aliphatic hydroxyl groups is 1. The standard InChI is InChI=1S/C14H22O2S/c1-4-11(2)17-10-13(15)9-12-7-5-6-8-14(12)16-3/h5-8,11,13,15H,4,9-10H2,1-3H3. The first-order valence-corrected chi connectivity index (χ1v) is 7.13. The summed E-state index contributed by atoms with van der Waals surface area (Å²) in [5, 5.41) is 10.6. The SMILES string of the molecule is CCC(C)SCC(O)Cc1ccccc1OC. The second-order valence-electron chi connectivity index (χ2n) is 4.22. The summed E-state index contributed by atoms with van der Waals surface area (Å²) in [5.74, 6) is 1.65. The molecule has 0 aromatic heterocycles. The molecule has 3 heteroatoms. The van der Waals surface area contributed by atoms with Crippen molar-refractivity contribution in [1.82, 2.24) is 0 Å². The number of thioether (sulfide) groups is 1. The molecule has 1 aromatic rings. The van der Waals surface area contributed by atoms with Crippen molar-refractivity contribution in [3.63, 3.8) is 0 Å². The van der Waals surface area contributed by atoms with Gasteiger partial charge in [0.2, 0.25) is 0 Å². The van der Waals surface area contributed by atoms with Gasteiger partial charge in [0.25, 0.3) is 0 Å². The van der Waals surface area contributed by atoms with Crippen LogP contribution in [0.1, 0.15) is 25.8 Å². The fraction of sp³-hybridized carbons (Fsp3) is 0.571. The summed E-state index contributed by atoms with van der Waals surface area (Å²) < 4.78 is 5.28. The van der Waals surface area contributed by atoms with Crippen LogP contribution in [0, 0.1) is 0 Å². The Morgan fingerprint density at radius 1 is 1.35 bits per heavy atom. The minimum absolute atomic E-state index is 0.301. The highest BCUT2D eigenvalue weighted by Crippen LogP contribution is 2.21. The average molecular weight is 254 g/mol. The number of hydrogen-bond acceptors (Lipinski definition) is 3. The van der Waals surface area contributed by atoms with E-state index in [1.807, 2.05) is 36.0 Å². The third-order valence-corrected chi connectivity index (χ3v) is 4.28. The highest BCUT2D eigenvalue weighted by atomic mass is 32.2. The monoisotopic (exact) mass is 254 g/mol. The third kappa shape index (κ3) is 5.00. The molecule has 0 saturated carbocycles. The molecule has 1 rings (SSSR count). The summed E-state index contributed by atoms with van der Waals surface area (Å²) in [4.78, 5) is 0. The van der Waals surface area contributed by atoms with Crippen molar-refractivity contribution in [3.05, 3.63) is 29.8 Å². The van der Waals surface area contributed by atoms with Crippen LogP contribution >= 0.6 is 11.8 Å². The van der Waals surface area contributed by atoms with Gasteiger partial charge < -0.3 is 9.84 Å². The number of rotatable bonds is 7. The van der Waals surface area contributed by atoms with Gasteiger partial charge >= 0.3 is 0 Å². The average Bonchev–Trinajstić information content (AvgIpc) is 2.36. The predicted octanol–water partition coefficient (Wildman–Crippen LogP) is 3.13. The second kappa shape index (κ2) is 7.62. The van der Waals surface area contributed by atoms with Gasteiger partial charge in [-0.15, -0.1) is 0 Å². The Kier molecular flexibility index (Phi) is 6.45. The van der Waals surface area contributed by atoms with Crippen LogP contribution < -0.4 is 4.74 Å². The van der Waals surface area contributed by atoms with Gasteiger partial charge in [0.05, 0.1) is 13.2 Å². The van der Waals surface area contributed by atoms with E-state index in [0.717, 1.165) is 23.5 Å². The lowest BCUT2D eigenvalue weighted by Crippen LogP contribution is -2.15. The zero-order valence-corrected chi connectivity index (χ0v) is 11.7. The molecule has 0 saturated heterocycles. The lowest BCUT2D eigenvalue weighted by Gasteiger charge is -2.15. The van der Waals surface area contributed by atoms with Crippen LogP contribution in [0.15, 0.2) is 24.3 Å². The van der Waals surface area contributed by atoms with E-state index >= 15 is 0 Å². The van der Waals surface area contributed by atoms with E-state index in [1.54, 1.807) is 7.11 Å². The number of methoxy groups -OCH3 is 1. The summed E-state index contributed by atoms with van der Waals surface area (Å²) >= 11 is 1.83. The van der Waals surface area contributed by atoms with Gasteiger partial charge in [0, 0.05) is 17.4 Å². The van der Waals surface area contributed by atoms with E-state index in [1.165, 1.54) is 0 Å². The summed E-state index contributed by atoms with van der Waals surface area (Å²) in [5.41, 5.74) is 1.08. The Labute approximate surface area is 108 Å². The molecular weight excluding hydrogens is 232 g/mol. The molecule has 2 atom stereocenters. The normalized spacial score (nSPS) is 14.4. The van der Waals surface area contributed by atoms with Crippen molar-refractivity contribution in [2.75, 3.05) is 12.9 Å². The van der Waals surface area contributed by atoms with Crippen LogP contribution in [0.5, 0.6) is 5.75 Å². The molecule has 0 radical (unpaired) electrons. The zero-order valence-electron chi connectivity index (χ0n) is 10.8. The van der Waals surface area contributed by atoms with Crippen LogP contribution in [-0.4, -0.2) is 29.3 Å². The van der Waals surface area contributed by atoms with Gasteiger partial charge in [-0.25, -0.2) is 0 Å². The molecule has 0 aliphatic rings. The van der Waals surface area contributed by atoms with Crippen molar-refractivity contribution < 1.29 is 9.84 Å². The van der Waals surface area contributed by atoms with Crippen LogP contribution in [0.4, 0.5) is 0 Å². The quantitative estimate of drug-likeness (QED) is 0.810. The van der Waals surface area contributed by atoms with E-state index in [9.17, 15) is 5.11 Å². The molecule has 96 valence electrons. The topological polar surface area (TPSA) is 29.5 Å². The summed E-state index contributed by atoms with van der Waals surface area (Å²) in [6.45, 7) is 4.37. The third-order valence-electron chi connectivity index (χ3n) is 2.80. The van der Waals surface area contributed by atoms with Crippen molar-refractivity contribution in [1.29, 1.82) is 0 Å². The maximum atomic E-state index is 9.99. The maximum Gasteiger partial charge on any atom is 0.122 e. The van der Waals surface area contributed by atoms with E-state index in [4.69, 9.17) is 4.74 Å². The molecule has 1 N–H and O–H groups in total. The number of para-hydroxylation sites is 1. The van der Waals surface area contributed by atoms with Crippen molar-refractivity contribution >= 4 is 11.8 Å². The first-order chi connectivity index (χ1) is 8.17. The predicted molar refractivity (Wildman–Crippen MR) is 74.9 cm³/mol. The largest absolute Gasteiger partial charge is 0.496 e. The van der Waals surface area contributed by atoms with E-state index < -0.39 is 0 Å². The number of benzene rings is 1. The lowest BCUT2D eigenvalue weighted by atomic mass is 10.1. The Hall–Kier alpha value is -0.670. The summed E-state index contributed by atoms with van der Waals surface area (Å²) in [6, 6.07) is 7.87. The van der Waals surface area contributed by atoms with Crippen molar-refractivity contribution in [2.45, 2.75) is 38.0 Å². The fourth-order valence-corrected chi connectivity index (χ4v) is 2.48. The zero-order chi connectivity index (χ0) is 12.7. The molecule has 0 amide bonds. The second-order valence-corrected chi connectivity index (χ2v) is 5.69. The first-order valence-electron chi connectivity index (χ1n) is 6.09. The molecule has 0 fully saturated rings. The highest BCUT2D eigenvalue weighted by Gasteiger charge is 2.11. The Morgan fingerprint density at radius 2 is 2.06 bits per heavy atom. The van der Waals surface area contributed by atoms with Gasteiger partial charge in [-0.3, -0.25) is 0 Å². The minimum atomic E-state index is -0.301. The molecule has 0 aliphatic carbocycles. The van der Waals surface area contributed by atoms with Crippen LogP contribution in [0.2, 0.25) is 0 Å². The first kappa shape index (κ1) is 14.4.